The fourth-order valence-corrected chi connectivity index (χ4v) is 3.95. The van der Waals surface area contributed by atoms with Gasteiger partial charge >= 0.3 is 0 Å². The number of nitrogens with zero attached hydrogens (tertiary/aromatic N) is 2. The fraction of sp³-hybridized carbons (Fsp3) is 0.478. The van der Waals surface area contributed by atoms with Crippen LogP contribution in [0.15, 0.2) is 58.3 Å². The summed E-state index contributed by atoms with van der Waals surface area (Å²) in [6.45, 7) is 6.65. The number of hydrogen-bond donors (Lipinski definition) is 2. The van der Waals surface area contributed by atoms with Crippen LogP contribution in [-0.4, -0.2) is 81.0 Å². The number of benzene rings is 2. The molecular formula is C23H41ClN4O4S2. The zero-order chi connectivity index (χ0) is 27.7. The van der Waals surface area contributed by atoms with E-state index in [2.05, 4.69) is 9.62 Å². The number of rotatable bonds is 8. The van der Waals surface area contributed by atoms with Crippen LogP contribution >= 0.6 is 10.7 Å². The Morgan fingerprint density at radius 2 is 1.21 bits per heavy atom. The first-order valence-corrected chi connectivity index (χ1v) is 14.1. The molecule has 0 saturated carbocycles. The van der Waals surface area contributed by atoms with Crippen LogP contribution in [0, 0.1) is 13.8 Å². The molecule has 34 heavy (non-hydrogen) atoms. The van der Waals surface area contributed by atoms with E-state index < -0.39 is 19.1 Å². The average Bonchev–Trinajstić information content (AvgIpc) is 2.75. The zero-order valence-electron chi connectivity index (χ0n) is 22.2. The minimum atomic E-state index is -3.55. The van der Waals surface area contributed by atoms with E-state index in [0.29, 0.717) is 18.0 Å². The van der Waals surface area contributed by atoms with Crippen LogP contribution in [0.3, 0.4) is 0 Å². The minimum absolute atomic E-state index is 0.143. The van der Waals surface area contributed by atoms with E-state index in [1.807, 2.05) is 46.9 Å². The maximum Gasteiger partial charge on any atom is 0.261 e. The van der Waals surface area contributed by atoms with Gasteiger partial charge in [-0.3, -0.25) is 0 Å². The lowest BCUT2D eigenvalue weighted by Crippen LogP contribution is -2.31. The fourth-order valence-electron chi connectivity index (χ4n) is 2.16. The second kappa shape index (κ2) is 17.0. The third-order valence-corrected chi connectivity index (χ3v) is 6.91. The molecule has 0 aromatic heterocycles. The highest BCUT2D eigenvalue weighted by atomic mass is 35.7. The molecule has 0 radical (unpaired) electrons. The number of aryl methyl sites for hydroxylation is 2. The predicted molar refractivity (Wildman–Crippen MR) is 143 cm³/mol. The number of sulfonamides is 1. The van der Waals surface area contributed by atoms with Gasteiger partial charge in [-0.1, -0.05) is 42.8 Å². The van der Waals surface area contributed by atoms with E-state index in [-0.39, 0.29) is 4.90 Å². The van der Waals surface area contributed by atoms with Gasteiger partial charge in [0.05, 0.1) is 9.79 Å². The normalized spacial score (nSPS) is 11.3. The first-order valence-electron chi connectivity index (χ1n) is 11.3. The van der Waals surface area contributed by atoms with Gasteiger partial charge in [0.15, 0.2) is 0 Å². The molecule has 0 aliphatic heterocycles. The Hall–Kier alpha value is -1.53. The van der Waals surface area contributed by atoms with Crippen molar-refractivity contribution in [1.82, 2.24) is 14.5 Å². The highest BCUT2D eigenvalue weighted by molar-refractivity contribution is 8.13. The van der Waals surface area contributed by atoms with Crippen LogP contribution < -0.4 is 10.5 Å². The third kappa shape index (κ3) is 16.2. The Morgan fingerprint density at radius 3 is 1.50 bits per heavy atom. The average molecular weight is 539 g/mol. The summed E-state index contributed by atoms with van der Waals surface area (Å²) in [5, 5.41) is 0. The van der Waals surface area contributed by atoms with Crippen molar-refractivity contribution >= 4 is 29.8 Å². The van der Waals surface area contributed by atoms with E-state index in [4.69, 9.17) is 17.8 Å². The molecule has 8 nitrogen and oxygen atoms in total. The van der Waals surface area contributed by atoms with E-state index in [0.717, 1.165) is 24.2 Å². The quantitative estimate of drug-likeness (QED) is 0.497. The second-order valence-electron chi connectivity index (χ2n) is 7.86. The van der Waals surface area contributed by atoms with Gasteiger partial charge < -0.3 is 15.5 Å². The van der Waals surface area contributed by atoms with Gasteiger partial charge in [-0.2, -0.15) is 0 Å². The summed E-state index contributed by atoms with van der Waals surface area (Å²) in [5.74, 6) is 0. The van der Waals surface area contributed by atoms with Crippen molar-refractivity contribution in [2.24, 2.45) is 5.73 Å². The molecular weight excluding hydrogens is 496 g/mol. The molecule has 0 bridgehead atoms. The molecule has 11 heteroatoms. The second-order valence-corrected chi connectivity index (χ2v) is 12.2. The summed E-state index contributed by atoms with van der Waals surface area (Å²) in [6.07, 6.45) is 0. The Balaban J connectivity index is 0. The van der Waals surface area contributed by atoms with Crippen molar-refractivity contribution in [2.75, 3.05) is 54.4 Å². The number of likely N-dealkylation sites (N-methyl/N-ethyl adjacent to an activating group) is 2. The van der Waals surface area contributed by atoms with Gasteiger partial charge in [0, 0.05) is 38.2 Å². The Morgan fingerprint density at radius 1 is 0.824 bits per heavy atom. The summed E-state index contributed by atoms with van der Waals surface area (Å²) < 4.78 is 53.3. The molecule has 2 aromatic rings. The van der Waals surface area contributed by atoms with Crippen molar-refractivity contribution in [1.29, 1.82) is 0 Å². The number of nitrogens with one attached hydrogen (secondary N) is 1. The van der Waals surface area contributed by atoms with Crippen LogP contribution in [0.5, 0.6) is 0 Å². The summed E-state index contributed by atoms with van der Waals surface area (Å²) in [5.41, 5.74) is 7.24. The Kier molecular flexibility index (Phi) is 16.2. The van der Waals surface area contributed by atoms with Gasteiger partial charge in [-0.05, 0) is 66.3 Å². The molecule has 0 amide bonds. The summed E-state index contributed by atoms with van der Waals surface area (Å²) in [7, 11) is 7.26. The molecule has 3 N–H and O–H groups in total. The highest BCUT2D eigenvalue weighted by Crippen LogP contribution is 2.14. The van der Waals surface area contributed by atoms with Gasteiger partial charge in [0.2, 0.25) is 10.0 Å². The summed E-state index contributed by atoms with van der Waals surface area (Å²) in [4.78, 5) is 4.44. The topological polar surface area (TPSA) is 113 Å². The molecule has 0 aliphatic rings. The smallest absolute Gasteiger partial charge is 0.261 e. The van der Waals surface area contributed by atoms with Gasteiger partial charge in [-0.25, -0.2) is 21.6 Å². The van der Waals surface area contributed by atoms with Crippen LogP contribution in [0.25, 0.3) is 0 Å². The molecule has 0 spiro atoms. The van der Waals surface area contributed by atoms with E-state index in [9.17, 15) is 16.8 Å². The molecule has 0 unspecified atom stereocenters. The molecule has 0 atom stereocenters. The zero-order valence-corrected chi connectivity index (χ0v) is 23.6. The van der Waals surface area contributed by atoms with E-state index >= 15 is 0 Å². The van der Waals surface area contributed by atoms with Crippen LogP contribution in [0.2, 0.25) is 0 Å². The maximum absolute atomic E-state index is 11.8. The van der Waals surface area contributed by atoms with E-state index in [1.165, 1.54) is 19.5 Å². The standard InChI is InChI=1S/C11H18N2O2S.C7H7ClO2S.C4H12N2.CH4/c1-10-4-6-11(7-5-10)16(14,15)12-8-9-13(2)3;1-6-2-4-7(5-3-6)11(8,9)10;1-6(2)4-3-5;/h4-7,12H,8-9H2,1-3H3;2-5H,1H3;3-5H2,1-2H3;1H4/i;;;1T. The molecule has 0 aliphatic carbocycles. The van der Waals surface area contributed by atoms with Crippen LogP contribution in [0.1, 0.15) is 19.9 Å². The maximum atomic E-state index is 11.8. The highest BCUT2D eigenvalue weighted by Gasteiger charge is 2.12. The summed E-state index contributed by atoms with van der Waals surface area (Å²) >= 11 is 0. The van der Waals surface area contributed by atoms with Gasteiger partial charge in [-0.15, -0.1) is 0 Å². The number of halogens is 1. The lowest BCUT2D eigenvalue weighted by Gasteiger charge is -2.11. The Bertz CT molecular complexity index is 1020. The van der Waals surface area contributed by atoms with Crippen molar-refractivity contribution in [2.45, 2.75) is 31.0 Å². The van der Waals surface area contributed by atoms with Crippen LogP contribution in [-0.2, 0) is 19.1 Å². The van der Waals surface area contributed by atoms with Crippen molar-refractivity contribution < 1.29 is 18.2 Å². The SMILES string of the molecule is CN(C)CCN.Cc1ccc(S(=O)(=O)Cl)cc1.Cc1ccc(S(=O)(=O)NCCN(C)C)cc1.[3H]C. The lowest BCUT2D eigenvalue weighted by atomic mass is 10.2. The van der Waals surface area contributed by atoms with Crippen molar-refractivity contribution in [3.05, 3.63) is 59.7 Å². The first kappa shape index (κ1) is 32.5. The summed E-state index contributed by atoms with van der Waals surface area (Å²) in [6, 6.07) is 13.2. The van der Waals surface area contributed by atoms with Gasteiger partial charge in [0.1, 0.15) is 0 Å². The van der Waals surface area contributed by atoms with Crippen molar-refractivity contribution in [3.63, 3.8) is 0 Å². The number of nitrogens with two attached hydrogens (primary N) is 1. The lowest BCUT2D eigenvalue weighted by molar-refractivity contribution is 0.412. The van der Waals surface area contributed by atoms with E-state index in [1.54, 1.807) is 36.4 Å². The number of hydrogen-bond acceptors (Lipinski definition) is 7. The molecule has 0 saturated heterocycles. The Labute approximate surface area is 213 Å². The molecule has 0 fully saturated rings. The third-order valence-electron chi connectivity index (χ3n) is 4.06. The van der Waals surface area contributed by atoms with Crippen LogP contribution in [0.4, 0.5) is 0 Å². The monoisotopic (exact) mass is 538 g/mol. The minimum Gasteiger partial charge on any atom is -0.329 e. The largest absolute Gasteiger partial charge is 0.329 e. The molecule has 2 aromatic carbocycles. The van der Waals surface area contributed by atoms with Crippen molar-refractivity contribution in [3.8, 4) is 0 Å². The molecule has 196 valence electrons. The molecule has 0 heterocycles. The van der Waals surface area contributed by atoms with Gasteiger partial charge in [0.25, 0.3) is 9.05 Å². The predicted octanol–water partition coefficient (Wildman–Crippen LogP) is 2.90. The molecule has 2 rings (SSSR count). The first-order chi connectivity index (χ1) is 16.2.